The SMILES string of the molecule is COCCNCc1ccc2c(ccn2CCS(C)(=O)=O)c1. The second-order valence-corrected chi connectivity index (χ2v) is 7.46. The minimum Gasteiger partial charge on any atom is -0.383 e. The lowest BCUT2D eigenvalue weighted by Gasteiger charge is -2.07. The van der Waals surface area contributed by atoms with E-state index >= 15 is 0 Å². The second kappa shape index (κ2) is 7.06. The summed E-state index contributed by atoms with van der Waals surface area (Å²) < 4.78 is 29.5. The Kier molecular flexibility index (Phi) is 5.39. The highest BCUT2D eigenvalue weighted by Crippen LogP contribution is 2.18. The average molecular weight is 310 g/mol. The van der Waals surface area contributed by atoms with E-state index in [1.165, 1.54) is 11.8 Å². The number of methoxy groups -OCH3 is 1. The summed E-state index contributed by atoms with van der Waals surface area (Å²) >= 11 is 0. The van der Waals surface area contributed by atoms with E-state index in [1.54, 1.807) is 7.11 Å². The van der Waals surface area contributed by atoms with Gasteiger partial charge in [0.1, 0.15) is 9.84 Å². The molecule has 0 aliphatic carbocycles. The molecular formula is C15H22N2O3S. The molecule has 21 heavy (non-hydrogen) atoms. The maximum absolute atomic E-state index is 11.3. The number of benzene rings is 1. The maximum atomic E-state index is 11.3. The van der Waals surface area contributed by atoms with Crippen LogP contribution in [0.4, 0.5) is 0 Å². The van der Waals surface area contributed by atoms with E-state index < -0.39 is 9.84 Å². The number of hydrogen-bond acceptors (Lipinski definition) is 4. The van der Waals surface area contributed by atoms with Crippen molar-refractivity contribution >= 4 is 20.7 Å². The quantitative estimate of drug-likeness (QED) is 0.749. The Morgan fingerprint density at radius 3 is 2.81 bits per heavy atom. The van der Waals surface area contributed by atoms with E-state index in [1.807, 2.05) is 22.9 Å². The fourth-order valence-electron chi connectivity index (χ4n) is 2.23. The van der Waals surface area contributed by atoms with Crippen molar-refractivity contribution in [2.75, 3.05) is 32.3 Å². The second-order valence-electron chi connectivity index (χ2n) is 5.20. The van der Waals surface area contributed by atoms with Gasteiger partial charge in [-0.1, -0.05) is 6.07 Å². The van der Waals surface area contributed by atoms with Crippen molar-refractivity contribution in [1.82, 2.24) is 9.88 Å². The van der Waals surface area contributed by atoms with Crippen molar-refractivity contribution in [3.8, 4) is 0 Å². The van der Waals surface area contributed by atoms with Crippen molar-refractivity contribution < 1.29 is 13.2 Å². The molecule has 2 rings (SSSR count). The van der Waals surface area contributed by atoms with Crippen molar-refractivity contribution in [3.63, 3.8) is 0 Å². The fraction of sp³-hybridized carbons (Fsp3) is 0.467. The molecule has 2 aromatic rings. The number of aryl methyl sites for hydroxylation is 1. The smallest absolute Gasteiger partial charge is 0.149 e. The molecule has 0 saturated carbocycles. The molecule has 1 aromatic carbocycles. The molecule has 0 unspecified atom stereocenters. The molecule has 1 N–H and O–H groups in total. The topological polar surface area (TPSA) is 60.3 Å². The van der Waals surface area contributed by atoms with Gasteiger partial charge >= 0.3 is 0 Å². The molecule has 0 aliphatic heterocycles. The predicted octanol–water partition coefficient (Wildman–Crippen LogP) is 1.42. The minimum absolute atomic E-state index is 0.164. The van der Waals surface area contributed by atoms with Crippen molar-refractivity contribution in [2.45, 2.75) is 13.1 Å². The van der Waals surface area contributed by atoms with E-state index in [2.05, 4.69) is 17.4 Å². The highest BCUT2D eigenvalue weighted by atomic mass is 32.2. The first-order valence-electron chi connectivity index (χ1n) is 6.95. The van der Waals surface area contributed by atoms with Crippen LogP contribution in [0.2, 0.25) is 0 Å². The summed E-state index contributed by atoms with van der Waals surface area (Å²) in [6.45, 7) is 2.82. The summed E-state index contributed by atoms with van der Waals surface area (Å²) in [5.74, 6) is 0.164. The van der Waals surface area contributed by atoms with Gasteiger partial charge in [-0.3, -0.25) is 0 Å². The molecule has 0 fully saturated rings. The van der Waals surface area contributed by atoms with Crippen molar-refractivity contribution in [3.05, 3.63) is 36.0 Å². The standard InChI is InChI=1S/C15H22N2O3S/c1-20-9-6-16-12-13-3-4-15-14(11-13)5-7-17(15)8-10-21(2,18)19/h3-5,7,11,16H,6,8-10,12H2,1-2H3. The Balaban J connectivity index is 2.04. The number of nitrogens with one attached hydrogen (secondary N) is 1. The van der Waals surface area contributed by atoms with Gasteiger partial charge < -0.3 is 14.6 Å². The van der Waals surface area contributed by atoms with Crippen LogP contribution in [0.15, 0.2) is 30.5 Å². The number of hydrogen-bond donors (Lipinski definition) is 1. The number of rotatable bonds is 8. The van der Waals surface area contributed by atoms with Gasteiger partial charge in [0, 0.05) is 44.7 Å². The zero-order valence-electron chi connectivity index (χ0n) is 12.5. The molecule has 116 valence electrons. The van der Waals surface area contributed by atoms with Crippen LogP contribution >= 0.6 is 0 Å². The molecule has 0 bridgehead atoms. The van der Waals surface area contributed by atoms with E-state index in [0.29, 0.717) is 13.2 Å². The largest absolute Gasteiger partial charge is 0.383 e. The van der Waals surface area contributed by atoms with E-state index in [-0.39, 0.29) is 5.75 Å². The lowest BCUT2D eigenvalue weighted by molar-refractivity contribution is 0.199. The zero-order valence-corrected chi connectivity index (χ0v) is 13.3. The average Bonchev–Trinajstić information content (AvgIpc) is 2.83. The zero-order chi connectivity index (χ0) is 15.3. The van der Waals surface area contributed by atoms with Crippen LogP contribution in [0.3, 0.4) is 0 Å². The van der Waals surface area contributed by atoms with Crippen LogP contribution in [-0.2, 0) is 27.7 Å². The molecule has 0 spiro atoms. The Hall–Kier alpha value is -1.37. The van der Waals surface area contributed by atoms with Gasteiger partial charge in [-0.15, -0.1) is 0 Å². The van der Waals surface area contributed by atoms with Gasteiger partial charge in [-0.05, 0) is 29.1 Å². The lowest BCUT2D eigenvalue weighted by atomic mass is 10.1. The Bertz CT molecular complexity index is 692. The third-order valence-electron chi connectivity index (χ3n) is 3.35. The van der Waals surface area contributed by atoms with Gasteiger partial charge in [0.2, 0.25) is 0 Å². The van der Waals surface area contributed by atoms with E-state index in [9.17, 15) is 8.42 Å². The molecule has 6 heteroatoms. The fourth-order valence-corrected chi connectivity index (χ4v) is 2.75. The molecule has 1 aromatic heterocycles. The third kappa shape index (κ3) is 4.84. The summed E-state index contributed by atoms with van der Waals surface area (Å²) in [7, 11) is -1.25. The highest BCUT2D eigenvalue weighted by Gasteiger charge is 2.06. The number of nitrogens with zero attached hydrogens (tertiary/aromatic N) is 1. The monoisotopic (exact) mass is 310 g/mol. The minimum atomic E-state index is -2.94. The molecule has 5 nitrogen and oxygen atoms in total. The Labute approximate surface area is 125 Å². The van der Waals surface area contributed by atoms with Crippen LogP contribution in [0.5, 0.6) is 0 Å². The molecule has 0 radical (unpaired) electrons. The van der Waals surface area contributed by atoms with E-state index in [0.717, 1.165) is 24.0 Å². The number of sulfone groups is 1. The first-order chi connectivity index (χ1) is 9.99. The highest BCUT2D eigenvalue weighted by molar-refractivity contribution is 7.90. The van der Waals surface area contributed by atoms with Gasteiger partial charge in [0.15, 0.2) is 0 Å². The van der Waals surface area contributed by atoms with E-state index in [4.69, 9.17) is 4.74 Å². The molecule has 0 atom stereocenters. The van der Waals surface area contributed by atoms with Gasteiger partial charge in [0.05, 0.1) is 12.4 Å². The van der Waals surface area contributed by atoms with Crippen LogP contribution in [0.1, 0.15) is 5.56 Å². The van der Waals surface area contributed by atoms with Crippen LogP contribution in [0.25, 0.3) is 10.9 Å². The van der Waals surface area contributed by atoms with Gasteiger partial charge in [-0.2, -0.15) is 0 Å². The number of aromatic nitrogens is 1. The first kappa shape index (κ1) is 16.0. The van der Waals surface area contributed by atoms with Gasteiger partial charge in [0.25, 0.3) is 0 Å². The third-order valence-corrected chi connectivity index (χ3v) is 4.27. The molecule has 0 amide bonds. The van der Waals surface area contributed by atoms with Gasteiger partial charge in [-0.25, -0.2) is 8.42 Å². The molecule has 0 aliphatic rings. The first-order valence-corrected chi connectivity index (χ1v) is 9.01. The van der Waals surface area contributed by atoms with Crippen LogP contribution < -0.4 is 5.32 Å². The summed E-state index contributed by atoms with van der Waals surface area (Å²) in [5, 5.41) is 4.44. The molecular weight excluding hydrogens is 288 g/mol. The number of ether oxygens (including phenoxy) is 1. The number of fused-ring (bicyclic) bond motifs is 1. The van der Waals surface area contributed by atoms with Crippen molar-refractivity contribution in [1.29, 1.82) is 0 Å². The molecule has 0 saturated heterocycles. The summed E-state index contributed by atoms with van der Waals surface area (Å²) in [6.07, 6.45) is 3.21. The Morgan fingerprint density at radius 2 is 2.10 bits per heavy atom. The summed E-state index contributed by atoms with van der Waals surface area (Å²) in [5.41, 5.74) is 2.28. The Morgan fingerprint density at radius 1 is 1.29 bits per heavy atom. The van der Waals surface area contributed by atoms with Crippen molar-refractivity contribution in [2.24, 2.45) is 0 Å². The van der Waals surface area contributed by atoms with Crippen LogP contribution in [-0.4, -0.2) is 45.3 Å². The maximum Gasteiger partial charge on any atom is 0.149 e. The summed E-state index contributed by atoms with van der Waals surface area (Å²) in [6, 6.07) is 8.27. The molecule has 1 heterocycles. The predicted molar refractivity (Wildman–Crippen MR) is 85.2 cm³/mol. The lowest BCUT2D eigenvalue weighted by Crippen LogP contribution is -2.18. The normalized spacial score (nSPS) is 12.1. The van der Waals surface area contributed by atoms with Crippen LogP contribution in [0, 0.1) is 0 Å². The summed E-state index contributed by atoms with van der Waals surface area (Å²) in [4.78, 5) is 0.